The van der Waals surface area contributed by atoms with Crippen LogP contribution in [-0.4, -0.2) is 12.1 Å². The topological polar surface area (TPSA) is 26.3 Å². The average molecular weight is 405 g/mol. The van der Waals surface area contributed by atoms with Crippen LogP contribution in [0, 0.1) is 29.6 Å². The number of ether oxygens (including phenoxy) is 1. The Kier molecular flexibility index (Phi) is 9.86. The smallest absolute Gasteiger partial charge is 0.306 e. The maximum Gasteiger partial charge on any atom is 0.306 e. The Morgan fingerprint density at radius 1 is 0.690 bits per heavy atom. The highest BCUT2D eigenvalue weighted by molar-refractivity contribution is 5.69. The summed E-state index contributed by atoms with van der Waals surface area (Å²) in [6, 6.07) is 0. The lowest BCUT2D eigenvalue weighted by Crippen LogP contribution is -2.29. The van der Waals surface area contributed by atoms with E-state index < -0.39 is 0 Å². The van der Waals surface area contributed by atoms with Gasteiger partial charge in [0.15, 0.2) is 0 Å². The minimum Gasteiger partial charge on any atom is -0.462 e. The van der Waals surface area contributed by atoms with Gasteiger partial charge < -0.3 is 4.74 Å². The fourth-order valence-corrected chi connectivity index (χ4v) is 6.59. The lowest BCUT2D eigenvalue weighted by molar-refractivity contribution is -0.151. The standard InChI is InChI=1S/C27H48O2/c1-3-5-6-27(28)29-26-19-17-25(18-20-26)24-15-13-23(14-16-24)12-11-22-9-7-21(4-2)8-10-22/h21-26H,3-20H2,1-2H3/t21-,22-,23-,24-,25-,26-. The van der Waals surface area contributed by atoms with E-state index in [2.05, 4.69) is 13.8 Å². The van der Waals surface area contributed by atoms with Gasteiger partial charge in [-0.05, 0) is 74.5 Å². The second kappa shape index (κ2) is 12.4. The zero-order chi connectivity index (χ0) is 20.5. The van der Waals surface area contributed by atoms with Gasteiger partial charge in [-0.15, -0.1) is 0 Å². The fraction of sp³-hybridized carbons (Fsp3) is 0.963. The number of carbonyl (C=O) groups excluding carboxylic acids is 1. The van der Waals surface area contributed by atoms with Crippen molar-refractivity contribution >= 4 is 5.97 Å². The summed E-state index contributed by atoms with van der Waals surface area (Å²) in [6.45, 7) is 4.50. The summed E-state index contributed by atoms with van der Waals surface area (Å²) >= 11 is 0. The van der Waals surface area contributed by atoms with E-state index >= 15 is 0 Å². The van der Waals surface area contributed by atoms with E-state index in [4.69, 9.17) is 4.74 Å². The maximum absolute atomic E-state index is 11.9. The Morgan fingerprint density at radius 2 is 1.17 bits per heavy atom. The minimum atomic E-state index is 0.0407. The van der Waals surface area contributed by atoms with Gasteiger partial charge in [0.1, 0.15) is 6.10 Å². The van der Waals surface area contributed by atoms with E-state index in [1.165, 1.54) is 83.5 Å². The molecule has 0 aliphatic heterocycles. The molecule has 0 aromatic rings. The van der Waals surface area contributed by atoms with Crippen molar-refractivity contribution in [2.24, 2.45) is 29.6 Å². The van der Waals surface area contributed by atoms with Crippen molar-refractivity contribution in [3.8, 4) is 0 Å². The van der Waals surface area contributed by atoms with Gasteiger partial charge in [0.25, 0.3) is 0 Å². The summed E-state index contributed by atoms with van der Waals surface area (Å²) < 4.78 is 5.71. The molecule has 0 aromatic carbocycles. The Balaban J connectivity index is 1.27. The van der Waals surface area contributed by atoms with Crippen molar-refractivity contribution < 1.29 is 9.53 Å². The third-order valence-corrected chi connectivity index (χ3v) is 8.84. The zero-order valence-corrected chi connectivity index (χ0v) is 19.5. The predicted molar refractivity (Wildman–Crippen MR) is 122 cm³/mol. The number of unbranched alkanes of at least 4 members (excludes halogenated alkanes) is 1. The van der Waals surface area contributed by atoms with E-state index in [0.717, 1.165) is 55.3 Å². The molecule has 168 valence electrons. The number of hydrogen-bond donors (Lipinski definition) is 0. The van der Waals surface area contributed by atoms with Crippen LogP contribution in [0.25, 0.3) is 0 Å². The quantitative estimate of drug-likeness (QED) is 0.363. The molecule has 0 spiro atoms. The highest BCUT2D eigenvalue weighted by Crippen LogP contribution is 2.42. The first kappa shape index (κ1) is 23.1. The molecule has 0 radical (unpaired) electrons. The number of hydrogen-bond acceptors (Lipinski definition) is 2. The van der Waals surface area contributed by atoms with Gasteiger partial charge in [-0.2, -0.15) is 0 Å². The Morgan fingerprint density at radius 3 is 1.69 bits per heavy atom. The summed E-state index contributed by atoms with van der Waals surface area (Å²) in [4.78, 5) is 11.9. The highest BCUT2D eigenvalue weighted by Gasteiger charge is 2.32. The summed E-state index contributed by atoms with van der Waals surface area (Å²) in [5.74, 6) is 5.02. The second-order valence-corrected chi connectivity index (χ2v) is 10.8. The highest BCUT2D eigenvalue weighted by atomic mass is 16.5. The third-order valence-electron chi connectivity index (χ3n) is 8.84. The van der Waals surface area contributed by atoms with Crippen LogP contribution in [0.4, 0.5) is 0 Å². The van der Waals surface area contributed by atoms with Gasteiger partial charge in [0, 0.05) is 6.42 Å². The molecule has 3 fully saturated rings. The fourth-order valence-electron chi connectivity index (χ4n) is 6.59. The first-order valence-electron chi connectivity index (χ1n) is 13.4. The van der Waals surface area contributed by atoms with Gasteiger partial charge >= 0.3 is 5.97 Å². The summed E-state index contributed by atoms with van der Waals surface area (Å²) in [5, 5.41) is 0. The number of rotatable bonds is 9. The lowest BCUT2D eigenvalue weighted by atomic mass is 9.69. The van der Waals surface area contributed by atoms with E-state index in [1.54, 1.807) is 0 Å². The van der Waals surface area contributed by atoms with Gasteiger partial charge in [-0.3, -0.25) is 4.79 Å². The molecule has 3 aliphatic carbocycles. The van der Waals surface area contributed by atoms with Gasteiger partial charge in [0.2, 0.25) is 0 Å². The monoisotopic (exact) mass is 404 g/mol. The molecule has 3 saturated carbocycles. The van der Waals surface area contributed by atoms with Crippen LogP contribution in [0.3, 0.4) is 0 Å². The van der Waals surface area contributed by atoms with Crippen molar-refractivity contribution in [3.63, 3.8) is 0 Å². The molecule has 0 aromatic heterocycles. The Bertz CT molecular complexity index is 449. The SMILES string of the molecule is CCCCC(=O)O[C@H]1CC[C@H]([C@H]2CC[C@H](CC[C@H]3CC[C@H](CC)CC3)CC2)CC1. The molecule has 0 unspecified atom stereocenters. The molecule has 0 N–H and O–H groups in total. The Hall–Kier alpha value is -0.530. The van der Waals surface area contributed by atoms with Crippen LogP contribution >= 0.6 is 0 Å². The van der Waals surface area contributed by atoms with Crippen LogP contribution in [-0.2, 0) is 9.53 Å². The van der Waals surface area contributed by atoms with Gasteiger partial charge in [0.05, 0.1) is 0 Å². The van der Waals surface area contributed by atoms with Gasteiger partial charge in [-0.1, -0.05) is 78.1 Å². The van der Waals surface area contributed by atoms with E-state index in [0.29, 0.717) is 6.42 Å². The van der Waals surface area contributed by atoms with Crippen LogP contribution in [0.1, 0.15) is 129 Å². The van der Waals surface area contributed by atoms with Crippen LogP contribution in [0.5, 0.6) is 0 Å². The Labute approximate surface area is 180 Å². The van der Waals surface area contributed by atoms with Gasteiger partial charge in [-0.25, -0.2) is 0 Å². The van der Waals surface area contributed by atoms with Crippen molar-refractivity contribution in [1.82, 2.24) is 0 Å². The normalized spacial score (nSPS) is 35.9. The predicted octanol–water partition coefficient (Wildman–Crippen LogP) is 8.08. The first-order valence-corrected chi connectivity index (χ1v) is 13.4. The first-order chi connectivity index (χ1) is 14.2. The molecule has 29 heavy (non-hydrogen) atoms. The molecule has 3 aliphatic rings. The number of esters is 1. The van der Waals surface area contributed by atoms with Crippen LogP contribution in [0.2, 0.25) is 0 Å². The number of carbonyl (C=O) groups is 1. The van der Waals surface area contributed by atoms with E-state index in [9.17, 15) is 4.79 Å². The molecular weight excluding hydrogens is 356 g/mol. The third kappa shape index (κ3) is 7.59. The molecule has 0 heterocycles. The summed E-state index contributed by atoms with van der Waals surface area (Å²) in [5.41, 5.74) is 0. The molecule has 0 bridgehead atoms. The van der Waals surface area contributed by atoms with E-state index in [1.807, 2.05) is 0 Å². The lowest BCUT2D eigenvalue weighted by Gasteiger charge is -2.38. The molecule has 0 atom stereocenters. The van der Waals surface area contributed by atoms with Crippen molar-refractivity contribution in [1.29, 1.82) is 0 Å². The van der Waals surface area contributed by atoms with Crippen molar-refractivity contribution in [2.75, 3.05) is 0 Å². The average Bonchev–Trinajstić information content (AvgIpc) is 2.77. The van der Waals surface area contributed by atoms with Crippen LogP contribution < -0.4 is 0 Å². The second-order valence-electron chi connectivity index (χ2n) is 10.8. The molecular formula is C27H48O2. The van der Waals surface area contributed by atoms with Crippen LogP contribution in [0.15, 0.2) is 0 Å². The maximum atomic E-state index is 11.9. The molecule has 0 amide bonds. The van der Waals surface area contributed by atoms with E-state index in [-0.39, 0.29) is 12.1 Å². The van der Waals surface area contributed by atoms with Crippen molar-refractivity contribution in [2.45, 2.75) is 136 Å². The largest absolute Gasteiger partial charge is 0.462 e. The molecule has 2 heteroatoms. The van der Waals surface area contributed by atoms with Crippen molar-refractivity contribution in [3.05, 3.63) is 0 Å². The molecule has 2 nitrogen and oxygen atoms in total. The zero-order valence-electron chi connectivity index (χ0n) is 19.5. The molecule has 3 rings (SSSR count). The minimum absolute atomic E-state index is 0.0407. The summed E-state index contributed by atoms with van der Waals surface area (Å²) in [7, 11) is 0. The molecule has 0 saturated heterocycles. The summed E-state index contributed by atoms with van der Waals surface area (Å²) in [6.07, 6.45) is 24.1.